The van der Waals surface area contributed by atoms with Crippen LogP contribution in [0.2, 0.25) is 0 Å². The molecule has 0 saturated heterocycles. The standard InChI is InChI=1S/C14H19NO3/c1-14(2,3)18-13(17)15-12(10-16)9-11-7-5-4-6-8-11/h4-8,10,12H,9H2,1-3H3,(H,15,17). The van der Waals surface area contributed by atoms with Crippen molar-refractivity contribution < 1.29 is 14.3 Å². The molecular formula is C14H19NO3. The van der Waals surface area contributed by atoms with Gasteiger partial charge in [0.05, 0.1) is 6.04 Å². The fraction of sp³-hybridized carbons (Fsp3) is 0.429. The van der Waals surface area contributed by atoms with E-state index in [9.17, 15) is 9.59 Å². The van der Waals surface area contributed by atoms with Gasteiger partial charge in [-0.15, -0.1) is 0 Å². The topological polar surface area (TPSA) is 55.4 Å². The summed E-state index contributed by atoms with van der Waals surface area (Å²) in [5.74, 6) is 0. The minimum Gasteiger partial charge on any atom is -0.444 e. The summed E-state index contributed by atoms with van der Waals surface area (Å²) >= 11 is 0. The molecule has 1 unspecified atom stereocenters. The number of hydrogen-bond acceptors (Lipinski definition) is 3. The van der Waals surface area contributed by atoms with Gasteiger partial charge in [-0.3, -0.25) is 0 Å². The molecule has 1 rings (SSSR count). The quantitative estimate of drug-likeness (QED) is 0.833. The molecule has 0 radical (unpaired) electrons. The van der Waals surface area contributed by atoms with E-state index in [1.165, 1.54) is 0 Å². The summed E-state index contributed by atoms with van der Waals surface area (Å²) in [6.07, 6.45) is 0.607. The van der Waals surface area contributed by atoms with Crippen molar-refractivity contribution in [1.82, 2.24) is 5.32 Å². The van der Waals surface area contributed by atoms with Gasteiger partial charge in [0.1, 0.15) is 11.9 Å². The van der Waals surface area contributed by atoms with Gasteiger partial charge < -0.3 is 14.8 Å². The number of alkyl carbamates (subject to hydrolysis) is 1. The molecule has 0 aliphatic carbocycles. The van der Waals surface area contributed by atoms with E-state index in [1.54, 1.807) is 20.8 Å². The maximum Gasteiger partial charge on any atom is 0.408 e. The van der Waals surface area contributed by atoms with Crippen LogP contribution in [0.4, 0.5) is 4.79 Å². The highest BCUT2D eigenvalue weighted by atomic mass is 16.6. The second-order valence-corrected chi connectivity index (χ2v) is 5.08. The molecule has 4 heteroatoms. The van der Waals surface area contributed by atoms with E-state index in [2.05, 4.69) is 5.32 Å². The van der Waals surface area contributed by atoms with Crippen LogP contribution in [0.25, 0.3) is 0 Å². The van der Waals surface area contributed by atoms with Gasteiger partial charge in [0.25, 0.3) is 0 Å². The molecule has 18 heavy (non-hydrogen) atoms. The summed E-state index contributed by atoms with van der Waals surface area (Å²) in [7, 11) is 0. The lowest BCUT2D eigenvalue weighted by Gasteiger charge is -2.21. The van der Waals surface area contributed by atoms with E-state index < -0.39 is 17.7 Å². The Morgan fingerprint density at radius 3 is 2.44 bits per heavy atom. The van der Waals surface area contributed by atoms with Crippen LogP contribution < -0.4 is 5.32 Å². The highest BCUT2D eigenvalue weighted by Gasteiger charge is 2.19. The maximum atomic E-state index is 11.5. The first-order chi connectivity index (χ1) is 8.40. The third-order valence-electron chi connectivity index (χ3n) is 2.16. The fourth-order valence-electron chi connectivity index (χ4n) is 1.46. The smallest absolute Gasteiger partial charge is 0.408 e. The monoisotopic (exact) mass is 249 g/mol. The largest absolute Gasteiger partial charge is 0.444 e. The SMILES string of the molecule is CC(C)(C)OC(=O)NC(C=O)Cc1ccccc1. The third kappa shape index (κ3) is 5.48. The van der Waals surface area contributed by atoms with Crippen LogP contribution in [0.15, 0.2) is 30.3 Å². The Balaban J connectivity index is 2.53. The van der Waals surface area contributed by atoms with Crippen molar-refractivity contribution >= 4 is 12.4 Å². The van der Waals surface area contributed by atoms with Crippen molar-refractivity contribution in [2.45, 2.75) is 38.8 Å². The summed E-state index contributed by atoms with van der Waals surface area (Å²) in [4.78, 5) is 22.5. The van der Waals surface area contributed by atoms with Crippen molar-refractivity contribution in [3.8, 4) is 0 Å². The minimum atomic E-state index is -0.574. The Kier molecular flexibility index (Phi) is 4.89. The minimum absolute atomic E-state index is 0.462. The predicted molar refractivity (Wildman–Crippen MR) is 69.4 cm³/mol. The van der Waals surface area contributed by atoms with Crippen LogP contribution in [0.5, 0.6) is 0 Å². The zero-order valence-corrected chi connectivity index (χ0v) is 11.0. The Bertz CT molecular complexity index is 395. The molecule has 1 N–H and O–H groups in total. The molecule has 1 amide bonds. The molecule has 4 nitrogen and oxygen atoms in total. The Morgan fingerprint density at radius 2 is 1.94 bits per heavy atom. The van der Waals surface area contributed by atoms with Gasteiger partial charge >= 0.3 is 6.09 Å². The molecule has 1 aromatic carbocycles. The number of carbonyl (C=O) groups excluding carboxylic acids is 2. The third-order valence-corrected chi connectivity index (χ3v) is 2.16. The van der Waals surface area contributed by atoms with Gasteiger partial charge in [0, 0.05) is 0 Å². The summed E-state index contributed by atoms with van der Waals surface area (Å²) in [5.41, 5.74) is 0.426. The van der Waals surface area contributed by atoms with E-state index in [0.717, 1.165) is 11.8 Å². The van der Waals surface area contributed by atoms with Crippen LogP contribution in [0.1, 0.15) is 26.3 Å². The second kappa shape index (κ2) is 6.19. The van der Waals surface area contributed by atoms with Gasteiger partial charge in [-0.1, -0.05) is 30.3 Å². The molecular weight excluding hydrogens is 230 g/mol. The van der Waals surface area contributed by atoms with E-state index >= 15 is 0 Å². The molecule has 0 aliphatic heterocycles. The molecule has 0 heterocycles. The van der Waals surface area contributed by atoms with E-state index in [-0.39, 0.29) is 0 Å². The lowest BCUT2D eigenvalue weighted by atomic mass is 10.1. The van der Waals surface area contributed by atoms with Crippen molar-refractivity contribution in [2.75, 3.05) is 0 Å². The molecule has 0 aromatic heterocycles. The van der Waals surface area contributed by atoms with E-state index in [1.807, 2.05) is 30.3 Å². The van der Waals surface area contributed by atoms with Crippen molar-refractivity contribution in [3.05, 3.63) is 35.9 Å². The zero-order valence-electron chi connectivity index (χ0n) is 11.0. The van der Waals surface area contributed by atoms with Crippen LogP contribution in [0, 0.1) is 0 Å². The first-order valence-electron chi connectivity index (χ1n) is 5.89. The van der Waals surface area contributed by atoms with E-state index in [0.29, 0.717) is 6.42 Å². The first kappa shape index (κ1) is 14.2. The number of amides is 1. The summed E-state index contributed by atoms with van der Waals surface area (Å²) in [6.45, 7) is 5.33. The normalized spacial score (nSPS) is 12.6. The Hall–Kier alpha value is -1.84. The molecule has 0 spiro atoms. The predicted octanol–water partition coefficient (Wildman–Crippen LogP) is 2.32. The lowest BCUT2D eigenvalue weighted by molar-refractivity contribution is -0.109. The average Bonchev–Trinajstić information content (AvgIpc) is 2.27. The molecule has 0 bridgehead atoms. The van der Waals surface area contributed by atoms with Crippen LogP contribution in [-0.4, -0.2) is 24.0 Å². The highest BCUT2D eigenvalue weighted by molar-refractivity contribution is 5.73. The highest BCUT2D eigenvalue weighted by Crippen LogP contribution is 2.07. The summed E-state index contributed by atoms with van der Waals surface area (Å²) in [6, 6.07) is 8.94. The average molecular weight is 249 g/mol. The lowest BCUT2D eigenvalue weighted by Crippen LogP contribution is -2.41. The van der Waals surface area contributed by atoms with Gasteiger partial charge in [-0.25, -0.2) is 4.79 Å². The Morgan fingerprint density at radius 1 is 1.33 bits per heavy atom. The van der Waals surface area contributed by atoms with Gasteiger partial charge in [-0.2, -0.15) is 0 Å². The first-order valence-corrected chi connectivity index (χ1v) is 5.89. The molecule has 1 aromatic rings. The van der Waals surface area contributed by atoms with Crippen LogP contribution >= 0.6 is 0 Å². The van der Waals surface area contributed by atoms with Gasteiger partial charge in [0.15, 0.2) is 0 Å². The molecule has 1 atom stereocenters. The number of ether oxygens (including phenoxy) is 1. The van der Waals surface area contributed by atoms with E-state index in [4.69, 9.17) is 4.74 Å². The van der Waals surface area contributed by atoms with Crippen molar-refractivity contribution in [2.24, 2.45) is 0 Å². The number of rotatable bonds is 4. The van der Waals surface area contributed by atoms with Crippen molar-refractivity contribution in [1.29, 1.82) is 0 Å². The number of benzene rings is 1. The number of hydrogen-bond donors (Lipinski definition) is 1. The van der Waals surface area contributed by atoms with Crippen molar-refractivity contribution in [3.63, 3.8) is 0 Å². The zero-order chi connectivity index (χ0) is 13.6. The number of aldehydes is 1. The van der Waals surface area contributed by atoms with Crippen LogP contribution in [0.3, 0.4) is 0 Å². The molecule has 0 fully saturated rings. The summed E-state index contributed by atoms with van der Waals surface area (Å²) < 4.78 is 5.10. The molecule has 0 aliphatic rings. The Labute approximate surface area is 107 Å². The molecule has 0 saturated carbocycles. The number of carbonyl (C=O) groups is 2. The van der Waals surface area contributed by atoms with Gasteiger partial charge in [-0.05, 0) is 32.8 Å². The number of nitrogens with one attached hydrogen (secondary N) is 1. The summed E-state index contributed by atoms with van der Waals surface area (Å²) in [5, 5.41) is 2.54. The van der Waals surface area contributed by atoms with Gasteiger partial charge in [0.2, 0.25) is 0 Å². The molecule has 98 valence electrons. The maximum absolute atomic E-state index is 11.5. The van der Waals surface area contributed by atoms with Crippen LogP contribution in [-0.2, 0) is 16.0 Å². The fourth-order valence-corrected chi connectivity index (χ4v) is 1.46. The second-order valence-electron chi connectivity index (χ2n) is 5.08.